The summed E-state index contributed by atoms with van der Waals surface area (Å²) in [6, 6.07) is 15.5. The van der Waals surface area contributed by atoms with Crippen LogP contribution in [0.1, 0.15) is 11.1 Å². The second-order valence-corrected chi connectivity index (χ2v) is 8.83. The first-order valence-corrected chi connectivity index (χ1v) is 11.9. The summed E-state index contributed by atoms with van der Waals surface area (Å²) in [5, 5.41) is 3.12. The third-order valence-corrected chi connectivity index (χ3v) is 5.58. The smallest absolute Gasteiger partial charge is 0.295 e. The highest BCUT2D eigenvalue weighted by molar-refractivity contribution is 7.85. The van der Waals surface area contributed by atoms with Gasteiger partial charge in [-0.1, -0.05) is 17.7 Å². The fourth-order valence-corrected chi connectivity index (χ4v) is 3.25. The van der Waals surface area contributed by atoms with Crippen LogP contribution in [0.25, 0.3) is 11.1 Å². The molecule has 0 radical (unpaired) electrons. The fraction of sp³-hybridized carbons (Fsp3) is 0.167. The zero-order valence-electron chi connectivity index (χ0n) is 18.9. The van der Waals surface area contributed by atoms with Gasteiger partial charge in [0, 0.05) is 37.1 Å². The van der Waals surface area contributed by atoms with E-state index in [2.05, 4.69) is 15.3 Å². The molecule has 0 aliphatic rings. The van der Waals surface area contributed by atoms with Gasteiger partial charge in [-0.15, -0.1) is 0 Å². The van der Waals surface area contributed by atoms with Crippen LogP contribution in [-0.2, 0) is 16.7 Å². The summed E-state index contributed by atoms with van der Waals surface area (Å²) < 4.78 is 53.2. The molecule has 4 rings (SSSR count). The summed E-state index contributed by atoms with van der Waals surface area (Å²) >= 11 is 0. The zero-order valence-corrected chi connectivity index (χ0v) is 19.7. The van der Waals surface area contributed by atoms with Gasteiger partial charge in [-0.05, 0) is 48.9 Å². The van der Waals surface area contributed by atoms with Gasteiger partial charge >= 0.3 is 0 Å². The predicted molar refractivity (Wildman–Crippen MR) is 130 cm³/mol. The number of fused-ring (bicyclic) bond motifs is 1. The number of pyridine rings is 1. The molecule has 0 saturated heterocycles. The summed E-state index contributed by atoms with van der Waals surface area (Å²) in [5.41, 5.74) is 9.10. The highest BCUT2D eigenvalue weighted by atomic mass is 32.2. The second kappa shape index (κ2) is 12.1. The molecule has 2 heterocycles. The van der Waals surface area contributed by atoms with Crippen molar-refractivity contribution in [2.24, 2.45) is 5.73 Å². The maximum atomic E-state index is 12.5. The van der Waals surface area contributed by atoms with Crippen molar-refractivity contribution in [3.63, 3.8) is 0 Å². The van der Waals surface area contributed by atoms with E-state index in [1.165, 1.54) is 12.1 Å². The van der Waals surface area contributed by atoms with Gasteiger partial charge in [-0.3, -0.25) is 9.54 Å². The third-order valence-electron chi connectivity index (χ3n) is 4.71. The SMILES string of the molecule is Cc1ccc(S(=O)(=O)O)cc1.NCC(=CF)COc1ccc2nc(NCc3ccncc3)oc2c1. The molecule has 4 aromatic rings. The largest absolute Gasteiger partial charge is 0.489 e. The molecule has 0 spiro atoms. The first-order valence-electron chi connectivity index (χ1n) is 10.5. The van der Waals surface area contributed by atoms with Crippen molar-refractivity contribution in [2.75, 3.05) is 18.5 Å². The van der Waals surface area contributed by atoms with Gasteiger partial charge in [0.05, 0.1) is 11.2 Å². The standard InChI is InChI=1S/C17H17FN4O2.C7H8O3S/c18-8-13(9-19)11-23-14-1-2-15-16(7-14)24-17(22-15)21-10-12-3-5-20-6-4-12;1-6-2-4-7(5-3-6)11(8,9)10/h1-8H,9-11,19H2,(H,21,22);2-5H,1H3,(H,8,9,10). The van der Waals surface area contributed by atoms with E-state index in [1.54, 1.807) is 42.7 Å². The summed E-state index contributed by atoms with van der Waals surface area (Å²) in [6.45, 7) is 2.64. The van der Waals surface area contributed by atoms with Crippen molar-refractivity contribution in [1.29, 1.82) is 0 Å². The van der Waals surface area contributed by atoms with Crippen molar-refractivity contribution in [2.45, 2.75) is 18.4 Å². The Hall–Kier alpha value is -3.80. The van der Waals surface area contributed by atoms with Crippen LogP contribution in [0.2, 0.25) is 0 Å². The van der Waals surface area contributed by atoms with E-state index in [4.69, 9.17) is 19.4 Å². The third kappa shape index (κ3) is 7.88. The molecule has 0 fully saturated rings. The van der Waals surface area contributed by atoms with E-state index in [0.717, 1.165) is 11.1 Å². The molecular weight excluding hydrogens is 475 g/mol. The highest BCUT2D eigenvalue weighted by Crippen LogP contribution is 2.24. The van der Waals surface area contributed by atoms with Crippen molar-refractivity contribution in [3.05, 3.63) is 90.0 Å². The first-order chi connectivity index (χ1) is 16.8. The van der Waals surface area contributed by atoms with Crippen LogP contribution in [0.4, 0.5) is 10.4 Å². The molecule has 0 amide bonds. The minimum atomic E-state index is -4.02. The average molecular weight is 501 g/mol. The van der Waals surface area contributed by atoms with Gasteiger partial charge in [-0.2, -0.15) is 13.4 Å². The lowest BCUT2D eigenvalue weighted by Crippen LogP contribution is -2.10. The van der Waals surface area contributed by atoms with Gasteiger partial charge in [-0.25, -0.2) is 4.39 Å². The lowest BCUT2D eigenvalue weighted by atomic mass is 10.2. The number of benzene rings is 2. The van der Waals surface area contributed by atoms with E-state index in [0.29, 0.717) is 41.3 Å². The maximum Gasteiger partial charge on any atom is 0.295 e. The number of hydrogen-bond donors (Lipinski definition) is 3. The number of nitrogens with one attached hydrogen (secondary N) is 1. The molecule has 35 heavy (non-hydrogen) atoms. The lowest BCUT2D eigenvalue weighted by Gasteiger charge is -2.06. The maximum absolute atomic E-state index is 12.5. The van der Waals surface area contributed by atoms with E-state index in [1.807, 2.05) is 19.1 Å². The number of rotatable bonds is 8. The monoisotopic (exact) mass is 500 g/mol. The Labute approximate surface area is 202 Å². The summed E-state index contributed by atoms with van der Waals surface area (Å²) in [7, 11) is -4.02. The Bertz CT molecular complexity index is 1370. The molecule has 2 aromatic carbocycles. The Morgan fingerprint density at radius 1 is 1.17 bits per heavy atom. The highest BCUT2D eigenvalue weighted by Gasteiger charge is 2.08. The van der Waals surface area contributed by atoms with Crippen molar-refractivity contribution >= 4 is 27.2 Å². The van der Waals surface area contributed by atoms with Crippen LogP contribution < -0.4 is 15.8 Å². The van der Waals surface area contributed by atoms with Gasteiger partial charge in [0.25, 0.3) is 16.1 Å². The average Bonchev–Trinajstić information content (AvgIpc) is 3.26. The van der Waals surface area contributed by atoms with Crippen LogP contribution in [0.15, 0.2) is 88.2 Å². The molecule has 0 unspecified atom stereocenters. The van der Waals surface area contributed by atoms with E-state index < -0.39 is 10.1 Å². The second-order valence-electron chi connectivity index (χ2n) is 7.41. The molecular formula is C24H25FN4O5S. The Morgan fingerprint density at radius 2 is 1.89 bits per heavy atom. The Balaban J connectivity index is 0.000000261. The summed E-state index contributed by atoms with van der Waals surface area (Å²) in [6.07, 6.45) is 3.93. The van der Waals surface area contributed by atoms with Crippen LogP contribution in [0.5, 0.6) is 5.75 Å². The number of anilines is 1. The minimum Gasteiger partial charge on any atom is -0.489 e. The molecule has 0 aliphatic carbocycles. The molecule has 0 aliphatic heterocycles. The quantitative estimate of drug-likeness (QED) is 0.303. The Morgan fingerprint density at radius 3 is 2.51 bits per heavy atom. The molecule has 184 valence electrons. The number of aromatic nitrogens is 2. The number of ether oxygens (including phenoxy) is 1. The fourth-order valence-electron chi connectivity index (χ4n) is 2.77. The normalized spacial score (nSPS) is 11.6. The molecule has 11 heteroatoms. The number of aryl methyl sites for hydroxylation is 1. The predicted octanol–water partition coefficient (Wildman–Crippen LogP) is 4.27. The van der Waals surface area contributed by atoms with Gasteiger partial charge < -0.3 is 20.2 Å². The number of nitrogens with two attached hydrogens (primary N) is 1. The van der Waals surface area contributed by atoms with E-state index in [-0.39, 0.29) is 18.0 Å². The van der Waals surface area contributed by atoms with E-state index in [9.17, 15) is 12.8 Å². The topological polar surface area (TPSA) is 141 Å². The molecule has 0 atom stereocenters. The van der Waals surface area contributed by atoms with Gasteiger partial charge in [0.2, 0.25) is 0 Å². The Kier molecular flexibility index (Phi) is 8.90. The van der Waals surface area contributed by atoms with Crippen LogP contribution in [0, 0.1) is 6.92 Å². The number of halogens is 1. The number of oxazole rings is 1. The molecule has 0 saturated carbocycles. The number of nitrogens with zero attached hydrogens (tertiary/aromatic N) is 2. The molecule has 9 nitrogen and oxygen atoms in total. The minimum absolute atomic E-state index is 0.0666. The molecule has 4 N–H and O–H groups in total. The van der Waals surface area contributed by atoms with Crippen LogP contribution in [-0.4, -0.2) is 36.1 Å². The first kappa shape index (κ1) is 25.8. The zero-order chi connectivity index (χ0) is 25.3. The number of hydrogen-bond acceptors (Lipinski definition) is 8. The van der Waals surface area contributed by atoms with Crippen molar-refractivity contribution in [3.8, 4) is 5.75 Å². The summed E-state index contributed by atoms with van der Waals surface area (Å²) in [4.78, 5) is 8.26. The molecule has 2 aromatic heterocycles. The van der Waals surface area contributed by atoms with Gasteiger partial charge in [0.1, 0.15) is 17.9 Å². The van der Waals surface area contributed by atoms with Crippen molar-refractivity contribution < 1.29 is 26.5 Å². The van der Waals surface area contributed by atoms with E-state index >= 15 is 0 Å². The lowest BCUT2D eigenvalue weighted by molar-refractivity contribution is 0.347. The molecule has 0 bridgehead atoms. The van der Waals surface area contributed by atoms with Crippen LogP contribution >= 0.6 is 0 Å². The van der Waals surface area contributed by atoms with Gasteiger partial charge in [0.15, 0.2) is 5.58 Å². The van der Waals surface area contributed by atoms with Crippen LogP contribution in [0.3, 0.4) is 0 Å². The summed E-state index contributed by atoms with van der Waals surface area (Å²) in [5.74, 6) is 0.562. The van der Waals surface area contributed by atoms with Crippen molar-refractivity contribution in [1.82, 2.24) is 9.97 Å².